The highest BCUT2D eigenvalue weighted by molar-refractivity contribution is 5.77. The number of ether oxygens (including phenoxy) is 2. The first kappa shape index (κ1) is 18.2. The zero-order chi connectivity index (χ0) is 19.8. The highest BCUT2D eigenvalue weighted by Crippen LogP contribution is 2.37. The van der Waals surface area contributed by atoms with E-state index in [1.807, 2.05) is 4.57 Å². The number of aryl methyl sites for hydroxylation is 1. The van der Waals surface area contributed by atoms with E-state index in [1.165, 1.54) is 0 Å². The molecule has 0 saturated carbocycles. The Hall–Kier alpha value is -2.84. The van der Waals surface area contributed by atoms with Crippen LogP contribution in [0.1, 0.15) is 49.9 Å². The largest absolute Gasteiger partial charge is 0.377 e. The van der Waals surface area contributed by atoms with Gasteiger partial charge in [0.25, 0.3) is 0 Å². The third kappa shape index (κ3) is 3.18. The average molecular weight is 392 g/mol. The fourth-order valence-electron chi connectivity index (χ4n) is 4.24. The second kappa shape index (κ2) is 7.53. The predicted molar refractivity (Wildman–Crippen MR) is 108 cm³/mol. The number of benzene rings is 1. The minimum atomic E-state index is -0.0819. The van der Waals surface area contributed by atoms with E-state index < -0.39 is 0 Å². The van der Waals surface area contributed by atoms with Gasteiger partial charge < -0.3 is 14.0 Å². The maximum absolute atomic E-state index is 6.49. The van der Waals surface area contributed by atoms with Crippen molar-refractivity contribution in [3.05, 3.63) is 48.4 Å². The molecule has 1 aliphatic rings. The standard InChI is InChI=1S/C21H24N6O2/c1-3-26-17-8-7-14(9-15(17)25-19(26)11-28-2)18-5-4-6-20(29-18)27-13-24-16-10-22-12-23-21(16)27/h7-10,12-13,18,20H,3-6,11H2,1-2H3. The maximum atomic E-state index is 6.49. The average Bonchev–Trinajstić information content (AvgIpc) is 3.34. The highest BCUT2D eigenvalue weighted by Gasteiger charge is 2.27. The minimum Gasteiger partial charge on any atom is -0.377 e. The van der Waals surface area contributed by atoms with Gasteiger partial charge in [-0.3, -0.25) is 4.57 Å². The number of fused-ring (bicyclic) bond motifs is 2. The van der Waals surface area contributed by atoms with Crippen LogP contribution in [-0.2, 0) is 22.6 Å². The number of rotatable bonds is 5. The van der Waals surface area contributed by atoms with E-state index in [1.54, 1.807) is 26.0 Å². The molecule has 0 N–H and O–H groups in total. The number of imidazole rings is 2. The molecule has 2 unspecified atom stereocenters. The van der Waals surface area contributed by atoms with Crippen LogP contribution in [0.5, 0.6) is 0 Å². The van der Waals surface area contributed by atoms with E-state index in [2.05, 4.69) is 44.6 Å². The minimum absolute atomic E-state index is 0.0232. The van der Waals surface area contributed by atoms with Crippen LogP contribution in [0, 0.1) is 0 Å². The van der Waals surface area contributed by atoms with E-state index in [4.69, 9.17) is 14.5 Å². The molecule has 1 fully saturated rings. The summed E-state index contributed by atoms with van der Waals surface area (Å²) in [5.74, 6) is 0.953. The fraction of sp³-hybridized carbons (Fsp3) is 0.429. The van der Waals surface area contributed by atoms with Crippen molar-refractivity contribution in [2.24, 2.45) is 0 Å². The Bertz CT molecular complexity index is 1150. The van der Waals surface area contributed by atoms with Crippen LogP contribution in [0.25, 0.3) is 22.2 Å². The molecule has 29 heavy (non-hydrogen) atoms. The topological polar surface area (TPSA) is 79.9 Å². The molecule has 8 nitrogen and oxygen atoms in total. The predicted octanol–water partition coefficient (Wildman–Crippen LogP) is 3.78. The molecule has 150 valence electrons. The van der Waals surface area contributed by atoms with Crippen molar-refractivity contribution in [2.75, 3.05) is 7.11 Å². The lowest BCUT2D eigenvalue weighted by molar-refractivity contribution is -0.0897. The van der Waals surface area contributed by atoms with E-state index in [9.17, 15) is 0 Å². The Labute approximate surface area is 168 Å². The summed E-state index contributed by atoms with van der Waals surface area (Å²) in [6.45, 7) is 3.50. The summed E-state index contributed by atoms with van der Waals surface area (Å²) in [7, 11) is 1.70. The summed E-state index contributed by atoms with van der Waals surface area (Å²) in [6, 6.07) is 6.46. The van der Waals surface area contributed by atoms with E-state index in [0.29, 0.717) is 6.61 Å². The molecule has 0 bridgehead atoms. The van der Waals surface area contributed by atoms with Gasteiger partial charge in [-0.25, -0.2) is 19.9 Å². The van der Waals surface area contributed by atoms with Crippen LogP contribution in [0.3, 0.4) is 0 Å². The molecule has 4 aromatic rings. The van der Waals surface area contributed by atoms with Crippen molar-refractivity contribution < 1.29 is 9.47 Å². The van der Waals surface area contributed by atoms with Gasteiger partial charge in [0.05, 0.1) is 29.7 Å². The molecular formula is C21H24N6O2. The number of methoxy groups -OCH3 is 1. The Morgan fingerprint density at radius 1 is 1.21 bits per heavy atom. The third-order valence-corrected chi connectivity index (χ3v) is 5.60. The number of hydrogen-bond donors (Lipinski definition) is 0. The SMILES string of the molecule is CCn1c(COC)nc2cc(C3CCCC(n4cnc5cncnc54)O3)ccc21. The zero-order valence-corrected chi connectivity index (χ0v) is 16.7. The Kier molecular flexibility index (Phi) is 4.73. The first-order valence-corrected chi connectivity index (χ1v) is 10.0. The third-order valence-electron chi connectivity index (χ3n) is 5.60. The molecule has 8 heteroatoms. The van der Waals surface area contributed by atoms with Crippen LogP contribution >= 0.6 is 0 Å². The second-order valence-corrected chi connectivity index (χ2v) is 7.35. The molecule has 0 aliphatic carbocycles. The van der Waals surface area contributed by atoms with Crippen LogP contribution in [0.2, 0.25) is 0 Å². The molecule has 5 rings (SSSR count). The monoisotopic (exact) mass is 392 g/mol. The lowest BCUT2D eigenvalue weighted by atomic mass is 10.00. The highest BCUT2D eigenvalue weighted by atomic mass is 16.5. The Morgan fingerprint density at radius 3 is 3.00 bits per heavy atom. The van der Waals surface area contributed by atoms with Gasteiger partial charge in [-0.15, -0.1) is 0 Å². The van der Waals surface area contributed by atoms with Gasteiger partial charge in [0.1, 0.15) is 30.5 Å². The van der Waals surface area contributed by atoms with Crippen molar-refractivity contribution in [1.82, 2.24) is 29.1 Å². The lowest BCUT2D eigenvalue weighted by Gasteiger charge is -2.31. The molecule has 0 radical (unpaired) electrons. The Balaban J connectivity index is 1.45. The van der Waals surface area contributed by atoms with Gasteiger partial charge in [0.15, 0.2) is 5.65 Å². The molecule has 1 aliphatic heterocycles. The van der Waals surface area contributed by atoms with Gasteiger partial charge in [-0.2, -0.15) is 0 Å². The smallest absolute Gasteiger partial charge is 0.165 e. The van der Waals surface area contributed by atoms with Crippen molar-refractivity contribution in [2.45, 2.75) is 51.7 Å². The fourth-order valence-corrected chi connectivity index (χ4v) is 4.24. The summed E-state index contributed by atoms with van der Waals surface area (Å²) in [5.41, 5.74) is 4.88. The molecule has 1 aromatic carbocycles. The normalized spacial score (nSPS) is 19.9. The molecule has 3 aromatic heterocycles. The summed E-state index contributed by atoms with van der Waals surface area (Å²) in [6.07, 6.45) is 8.04. The van der Waals surface area contributed by atoms with Gasteiger partial charge in [-0.05, 0) is 43.9 Å². The summed E-state index contributed by atoms with van der Waals surface area (Å²) in [5, 5.41) is 0. The second-order valence-electron chi connectivity index (χ2n) is 7.35. The van der Waals surface area contributed by atoms with E-state index in [-0.39, 0.29) is 12.3 Å². The van der Waals surface area contributed by atoms with Gasteiger partial charge in [0.2, 0.25) is 0 Å². The molecular weight excluding hydrogens is 368 g/mol. The van der Waals surface area contributed by atoms with Crippen LogP contribution in [-0.4, -0.2) is 36.2 Å². The zero-order valence-electron chi connectivity index (χ0n) is 16.7. The van der Waals surface area contributed by atoms with E-state index >= 15 is 0 Å². The van der Waals surface area contributed by atoms with Gasteiger partial charge in [0, 0.05) is 13.7 Å². The number of nitrogens with zero attached hydrogens (tertiary/aromatic N) is 6. The van der Waals surface area contributed by atoms with Crippen molar-refractivity contribution >= 4 is 22.2 Å². The first-order chi connectivity index (χ1) is 14.3. The van der Waals surface area contributed by atoms with Crippen LogP contribution in [0.15, 0.2) is 37.1 Å². The number of aromatic nitrogens is 6. The Morgan fingerprint density at radius 2 is 2.14 bits per heavy atom. The molecule has 4 heterocycles. The lowest BCUT2D eigenvalue weighted by Crippen LogP contribution is -2.21. The van der Waals surface area contributed by atoms with Crippen LogP contribution < -0.4 is 0 Å². The molecule has 0 amide bonds. The van der Waals surface area contributed by atoms with Crippen molar-refractivity contribution in [3.8, 4) is 0 Å². The van der Waals surface area contributed by atoms with E-state index in [0.717, 1.165) is 59.4 Å². The maximum Gasteiger partial charge on any atom is 0.165 e. The van der Waals surface area contributed by atoms with Gasteiger partial charge >= 0.3 is 0 Å². The first-order valence-electron chi connectivity index (χ1n) is 10.0. The molecule has 2 atom stereocenters. The van der Waals surface area contributed by atoms with Crippen molar-refractivity contribution in [3.63, 3.8) is 0 Å². The van der Waals surface area contributed by atoms with Gasteiger partial charge in [-0.1, -0.05) is 6.07 Å². The van der Waals surface area contributed by atoms with Crippen molar-refractivity contribution in [1.29, 1.82) is 0 Å². The summed E-state index contributed by atoms with van der Waals surface area (Å²) >= 11 is 0. The number of hydrogen-bond acceptors (Lipinski definition) is 6. The molecule has 0 spiro atoms. The molecule has 1 saturated heterocycles. The summed E-state index contributed by atoms with van der Waals surface area (Å²) < 4.78 is 16.0. The quantitative estimate of drug-likeness (QED) is 0.514. The summed E-state index contributed by atoms with van der Waals surface area (Å²) in [4.78, 5) is 17.6. The van der Waals surface area contributed by atoms with Crippen LogP contribution in [0.4, 0.5) is 0 Å².